The van der Waals surface area contributed by atoms with Crippen molar-refractivity contribution in [3.63, 3.8) is 0 Å². The largest absolute Gasteiger partial charge is 0.327 e. The molecule has 2 rings (SSSR count). The SMILES string of the molecule is O=CNc1ccc(C2CC2)nc1. The molecule has 0 bridgehead atoms. The maximum Gasteiger partial charge on any atom is 0.211 e. The number of rotatable bonds is 3. The molecule has 0 spiro atoms. The monoisotopic (exact) mass is 162 g/mol. The zero-order chi connectivity index (χ0) is 8.39. The molecule has 0 unspecified atom stereocenters. The predicted molar refractivity (Wildman–Crippen MR) is 45.9 cm³/mol. The molecule has 0 saturated heterocycles. The molecular weight excluding hydrogens is 152 g/mol. The van der Waals surface area contributed by atoms with Crippen molar-refractivity contribution >= 4 is 12.1 Å². The van der Waals surface area contributed by atoms with Gasteiger partial charge in [0.1, 0.15) is 0 Å². The molecular formula is C9H10N2O. The van der Waals surface area contributed by atoms with Gasteiger partial charge in [-0.2, -0.15) is 0 Å². The molecule has 1 amide bonds. The molecule has 1 aliphatic rings. The smallest absolute Gasteiger partial charge is 0.211 e. The van der Waals surface area contributed by atoms with Crippen LogP contribution in [0.4, 0.5) is 5.69 Å². The second kappa shape index (κ2) is 2.93. The first-order valence-corrected chi connectivity index (χ1v) is 4.06. The van der Waals surface area contributed by atoms with E-state index in [9.17, 15) is 4.79 Å². The average molecular weight is 162 g/mol. The normalized spacial score (nSPS) is 15.7. The van der Waals surface area contributed by atoms with E-state index in [1.54, 1.807) is 6.20 Å². The number of nitrogens with zero attached hydrogens (tertiary/aromatic N) is 1. The van der Waals surface area contributed by atoms with Crippen LogP contribution in [0.1, 0.15) is 24.5 Å². The van der Waals surface area contributed by atoms with E-state index in [0.717, 1.165) is 11.4 Å². The maximum atomic E-state index is 10.1. The standard InChI is InChI=1S/C9H10N2O/c12-6-11-8-3-4-9(10-5-8)7-1-2-7/h3-7H,1-2H2,(H,11,12). The Morgan fingerprint density at radius 2 is 2.33 bits per heavy atom. The molecule has 1 N–H and O–H groups in total. The van der Waals surface area contributed by atoms with Crippen molar-refractivity contribution in [1.29, 1.82) is 0 Å². The van der Waals surface area contributed by atoms with E-state index in [2.05, 4.69) is 10.3 Å². The number of nitrogens with one attached hydrogen (secondary N) is 1. The van der Waals surface area contributed by atoms with E-state index in [1.807, 2.05) is 12.1 Å². The lowest BCUT2D eigenvalue weighted by Gasteiger charge is -1.99. The highest BCUT2D eigenvalue weighted by atomic mass is 16.1. The summed E-state index contributed by atoms with van der Waals surface area (Å²) < 4.78 is 0. The number of hydrogen-bond acceptors (Lipinski definition) is 2. The molecule has 1 aromatic rings. The minimum atomic E-state index is 0.661. The Bertz CT molecular complexity index is 277. The Labute approximate surface area is 70.8 Å². The number of pyridine rings is 1. The topological polar surface area (TPSA) is 42.0 Å². The summed E-state index contributed by atoms with van der Waals surface area (Å²) in [5.74, 6) is 0.676. The van der Waals surface area contributed by atoms with Crippen molar-refractivity contribution in [3.8, 4) is 0 Å². The van der Waals surface area contributed by atoms with Crippen molar-refractivity contribution < 1.29 is 4.79 Å². The van der Waals surface area contributed by atoms with Gasteiger partial charge in [-0.15, -0.1) is 0 Å². The van der Waals surface area contributed by atoms with Gasteiger partial charge in [-0.3, -0.25) is 9.78 Å². The van der Waals surface area contributed by atoms with Crippen molar-refractivity contribution in [1.82, 2.24) is 4.98 Å². The molecule has 1 aliphatic carbocycles. The highest BCUT2D eigenvalue weighted by Crippen LogP contribution is 2.38. The van der Waals surface area contributed by atoms with E-state index >= 15 is 0 Å². The van der Waals surface area contributed by atoms with E-state index in [0.29, 0.717) is 12.3 Å². The molecule has 1 fully saturated rings. The van der Waals surface area contributed by atoms with Gasteiger partial charge in [-0.1, -0.05) is 0 Å². The number of amides is 1. The van der Waals surface area contributed by atoms with Crippen LogP contribution in [0.15, 0.2) is 18.3 Å². The van der Waals surface area contributed by atoms with Crippen LogP contribution in [0, 0.1) is 0 Å². The van der Waals surface area contributed by atoms with Gasteiger partial charge in [0.2, 0.25) is 6.41 Å². The minimum Gasteiger partial charge on any atom is -0.327 e. The zero-order valence-electron chi connectivity index (χ0n) is 6.66. The summed E-state index contributed by atoms with van der Waals surface area (Å²) in [6.45, 7) is 0. The Kier molecular flexibility index (Phi) is 1.78. The third-order valence-electron chi connectivity index (χ3n) is 2.01. The molecule has 0 aromatic carbocycles. The highest BCUT2D eigenvalue weighted by molar-refractivity contribution is 5.70. The maximum absolute atomic E-state index is 10.1. The molecule has 3 heteroatoms. The Balaban J connectivity index is 2.12. The first-order chi connectivity index (χ1) is 5.90. The minimum absolute atomic E-state index is 0.661. The third-order valence-corrected chi connectivity index (χ3v) is 2.01. The number of anilines is 1. The first-order valence-electron chi connectivity index (χ1n) is 4.06. The number of hydrogen-bond donors (Lipinski definition) is 1. The molecule has 1 aromatic heterocycles. The fraction of sp³-hybridized carbons (Fsp3) is 0.333. The number of carbonyl (C=O) groups excluding carboxylic acids is 1. The van der Waals surface area contributed by atoms with Crippen LogP contribution < -0.4 is 5.32 Å². The molecule has 12 heavy (non-hydrogen) atoms. The quantitative estimate of drug-likeness (QED) is 0.685. The Morgan fingerprint density at radius 1 is 1.50 bits per heavy atom. The summed E-state index contributed by atoms with van der Waals surface area (Å²) in [7, 11) is 0. The Hall–Kier alpha value is -1.38. The van der Waals surface area contributed by atoms with Crippen LogP contribution in [-0.2, 0) is 4.79 Å². The lowest BCUT2D eigenvalue weighted by molar-refractivity contribution is -0.105. The van der Waals surface area contributed by atoms with Crippen LogP contribution in [0.2, 0.25) is 0 Å². The molecule has 0 radical (unpaired) electrons. The summed E-state index contributed by atoms with van der Waals surface area (Å²) in [5, 5.41) is 2.55. The lowest BCUT2D eigenvalue weighted by Crippen LogP contribution is -1.95. The molecule has 1 heterocycles. The second-order valence-corrected chi connectivity index (χ2v) is 3.01. The number of aromatic nitrogens is 1. The summed E-state index contributed by atoms with van der Waals surface area (Å²) >= 11 is 0. The van der Waals surface area contributed by atoms with E-state index in [-0.39, 0.29) is 0 Å². The fourth-order valence-electron chi connectivity index (χ4n) is 1.18. The van der Waals surface area contributed by atoms with Crippen molar-refractivity contribution in [3.05, 3.63) is 24.0 Å². The van der Waals surface area contributed by atoms with Gasteiger partial charge in [0.05, 0.1) is 11.9 Å². The summed E-state index contributed by atoms with van der Waals surface area (Å²) in [5.41, 5.74) is 1.90. The first kappa shape index (κ1) is 7.28. The molecule has 0 aliphatic heterocycles. The summed E-state index contributed by atoms with van der Waals surface area (Å²) in [6.07, 6.45) is 4.87. The van der Waals surface area contributed by atoms with Gasteiger partial charge < -0.3 is 5.32 Å². The van der Waals surface area contributed by atoms with Gasteiger partial charge in [0.25, 0.3) is 0 Å². The lowest BCUT2D eigenvalue weighted by atomic mass is 10.2. The van der Waals surface area contributed by atoms with Gasteiger partial charge in [-0.25, -0.2) is 0 Å². The van der Waals surface area contributed by atoms with E-state index in [1.165, 1.54) is 12.8 Å². The van der Waals surface area contributed by atoms with E-state index < -0.39 is 0 Å². The van der Waals surface area contributed by atoms with Crippen LogP contribution >= 0.6 is 0 Å². The van der Waals surface area contributed by atoms with Crippen LogP contribution in [-0.4, -0.2) is 11.4 Å². The van der Waals surface area contributed by atoms with Crippen LogP contribution in [0.25, 0.3) is 0 Å². The van der Waals surface area contributed by atoms with Gasteiger partial charge >= 0.3 is 0 Å². The van der Waals surface area contributed by atoms with E-state index in [4.69, 9.17) is 0 Å². The van der Waals surface area contributed by atoms with Crippen molar-refractivity contribution in [2.24, 2.45) is 0 Å². The van der Waals surface area contributed by atoms with Crippen molar-refractivity contribution in [2.45, 2.75) is 18.8 Å². The van der Waals surface area contributed by atoms with Gasteiger partial charge in [0.15, 0.2) is 0 Å². The summed E-state index contributed by atoms with van der Waals surface area (Å²) in [4.78, 5) is 14.3. The predicted octanol–water partition coefficient (Wildman–Crippen LogP) is 1.53. The van der Waals surface area contributed by atoms with Gasteiger partial charge in [0, 0.05) is 11.6 Å². The third kappa shape index (κ3) is 1.44. The number of carbonyl (C=O) groups is 1. The molecule has 62 valence electrons. The highest BCUT2D eigenvalue weighted by Gasteiger charge is 2.24. The average Bonchev–Trinajstić information content (AvgIpc) is 2.89. The second-order valence-electron chi connectivity index (χ2n) is 3.01. The van der Waals surface area contributed by atoms with Crippen molar-refractivity contribution in [2.75, 3.05) is 5.32 Å². The fourth-order valence-corrected chi connectivity index (χ4v) is 1.18. The molecule has 0 atom stereocenters. The Morgan fingerprint density at radius 3 is 2.83 bits per heavy atom. The van der Waals surface area contributed by atoms with Gasteiger partial charge in [-0.05, 0) is 25.0 Å². The zero-order valence-corrected chi connectivity index (χ0v) is 6.66. The molecule has 3 nitrogen and oxygen atoms in total. The van der Waals surface area contributed by atoms with Crippen LogP contribution in [0.5, 0.6) is 0 Å². The van der Waals surface area contributed by atoms with Crippen LogP contribution in [0.3, 0.4) is 0 Å². The summed E-state index contributed by atoms with van der Waals surface area (Å²) in [6, 6.07) is 3.86. The molecule has 1 saturated carbocycles.